The molecule has 0 aliphatic carbocycles. The number of hydrogen-bond donors (Lipinski definition) is 1. The Morgan fingerprint density at radius 1 is 1.56 bits per heavy atom. The van der Waals surface area contributed by atoms with E-state index in [1.807, 2.05) is 0 Å². The van der Waals surface area contributed by atoms with Crippen molar-refractivity contribution in [3.63, 3.8) is 0 Å². The van der Waals surface area contributed by atoms with Crippen LogP contribution in [-0.2, 0) is 4.74 Å². The minimum Gasteiger partial charge on any atom is -0.369 e. The molecule has 1 fully saturated rings. The highest BCUT2D eigenvalue weighted by Crippen LogP contribution is 2.15. The Bertz CT molecular complexity index is 77.0. The zero-order valence-corrected chi connectivity index (χ0v) is 6.11. The van der Waals surface area contributed by atoms with Gasteiger partial charge in [-0.3, -0.25) is 0 Å². The van der Waals surface area contributed by atoms with Crippen LogP contribution in [0.5, 0.6) is 0 Å². The van der Waals surface area contributed by atoms with Crippen LogP contribution in [0.3, 0.4) is 0 Å². The summed E-state index contributed by atoms with van der Waals surface area (Å²) in [5, 5.41) is 3.25. The average molecular weight is 128 g/mol. The van der Waals surface area contributed by atoms with Crippen LogP contribution < -0.4 is 5.32 Å². The molecule has 0 aromatic heterocycles. The summed E-state index contributed by atoms with van der Waals surface area (Å²) in [7, 11) is 0. The molecule has 0 aromatic carbocycles. The van der Waals surface area contributed by atoms with E-state index >= 15 is 0 Å². The zero-order chi connectivity index (χ0) is 6.69. The lowest BCUT2D eigenvalue weighted by Gasteiger charge is -2.25. The number of morpholine rings is 1. The first-order valence-electron chi connectivity index (χ1n) is 3.50. The molecule has 0 saturated carbocycles. The molecule has 1 rings (SSSR count). The largest absolute Gasteiger partial charge is 0.369 e. The van der Waals surface area contributed by atoms with E-state index in [-0.39, 0.29) is 0 Å². The van der Waals surface area contributed by atoms with Gasteiger partial charge in [0.1, 0.15) is 6.10 Å². The summed E-state index contributed by atoms with van der Waals surface area (Å²) in [5.74, 6) is 0.567. The van der Waals surface area contributed by atoms with Gasteiger partial charge in [0.25, 0.3) is 0 Å². The maximum absolute atomic E-state index is 5.39. The third-order valence-corrected chi connectivity index (χ3v) is 1.51. The van der Waals surface area contributed by atoms with Gasteiger partial charge in [-0.1, -0.05) is 13.8 Å². The van der Waals surface area contributed by atoms with Crippen molar-refractivity contribution >= 4 is 0 Å². The molecule has 1 aliphatic rings. The number of rotatable bonds is 1. The van der Waals surface area contributed by atoms with Crippen LogP contribution in [0.4, 0.5) is 0 Å². The summed E-state index contributed by atoms with van der Waals surface area (Å²) in [4.78, 5) is 0. The predicted molar refractivity (Wildman–Crippen MR) is 36.9 cm³/mol. The molecule has 1 radical (unpaired) electrons. The molecule has 0 atom stereocenters. The van der Waals surface area contributed by atoms with Crippen LogP contribution in [0.15, 0.2) is 0 Å². The summed E-state index contributed by atoms with van der Waals surface area (Å²) in [5.41, 5.74) is 0. The van der Waals surface area contributed by atoms with E-state index in [2.05, 4.69) is 19.2 Å². The Balaban J connectivity index is 2.23. The van der Waals surface area contributed by atoms with E-state index in [1.54, 1.807) is 0 Å². The van der Waals surface area contributed by atoms with E-state index < -0.39 is 0 Å². The molecule has 1 aliphatic heterocycles. The lowest BCUT2D eigenvalue weighted by atomic mass is 10.1. The Morgan fingerprint density at radius 3 is 2.67 bits per heavy atom. The van der Waals surface area contributed by atoms with Gasteiger partial charge in [0.15, 0.2) is 0 Å². The summed E-state index contributed by atoms with van der Waals surface area (Å²) in [6, 6.07) is 0. The van der Waals surface area contributed by atoms with Crippen LogP contribution in [0.2, 0.25) is 0 Å². The second-order valence-electron chi connectivity index (χ2n) is 2.65. The maximum atomic E-state index is 5.39. The van der Waals surface area contributed by atoms with Gasteiger partial charge < -0.3 is 10.1 Å². The molecule has 1 heterocycles. The van der Waals surface area contributed by atoms with Crippen LogP contribution in [0.25, 0.3) is 0 Å². The lowest BCUT2D eigenvalue weighted by Crippen LogP contribution is -2.35. The fourth-order valence-corrected chi connectivity index (χ4v) is 0.888. The quantitative estimate of drug-likeness (QED) is 0.564. The third kappa shape index (κ3) is 1.95. The lowest BCUT2D eigenvalue weighted by molar-refractivity contribution is 0.0849. The van der Waals surface area contributed by atoms with Gasteiger partial charge in [0.05, 0.1) is 6.61 Å². The van der Waals surface area contributed by atoms with Crippen LogP contribution in [0.1, 0.15) is 13.8 Å². The highest BCUT2D eigenvalue weighted by molar-refractivity contribution is 4.87. The fraction of sp³-hybridized carbons (Fsp3) is 0.857. The van der Waals surface area contributed by atoms with Crippen LogP contribution >= 0.6 is 0 Å². The van der Waals surface area contributed by atoms with E-state index in [0.29, 0.717) is 5.92 Å². The SMILES string of the molecule is CC(C)[C]1CNCCO1. The predicted octanol–water partition coefficient (Wildman–Crippen LogP) is 0.794. The molecule has 0 bridgehead atoms. The molecule has 53 valence electrons. The molecule has 1 saturated heterocycles. The van der Waals surface area contributed by atoms with Gasteiger partial charge in [-0.05, 0) is 5.92 Å². The third-order valence-electron chi connectivity index (χ3n) is 1.51. The Kier molecular flexibility index (Phi) is 2.49. The Hall–Kier alpha value is -0.0800. The topological polar surface area (TPSA) is 21.3 Å². The minimum absolute atomic E-state index is 0.567. The Labute approximate surface area is 56.6 Å². The summed E-state index contributed by atoms with van der Waals surface area (Å²) in [6.45, 7) is 7.09. The second-order valence-corrected chi connectivity index (χ2v) is 2.65. The van der Waals surface area contributed by atoms with Crippen molar-refractivity contribution in [1.29, 1.82) is 0 Å². The molecule has 0 aromatic rings. The van der Waals surface area contributed by atoms with Gasteiger partial charge in [0, 0.05) is 13.1 Å². The van der Waals surface area contributed by atoms with Crippen molar-refractivity contribution in [3.8, 4) is 0 Å². The standard InChI is InChI=1S/C7H14NO/c1-6(2)7-5-8-3-4-9-7/h6,8H,3-5H2,1-2H3. The van der Waals surface area contributed by atoms with E-state index in [0.717, 1.165) is 19.7 Å². The van der Waals surface area contributed by atoms with Crippen molar-refractivity contribution in [2.24, 2.45) is 5.92 Å². The minimum atomic E-state index is 0.567. The molecule has 0 amide bonds. The van der Waals surface area contributed by atoms with Gasteiger partial charge in [-0.25, -0.2) is 0 Å². The molecule has 0 spiro atoms. The van der Waals surface area contributed by atoms with Gasteiger partial charge in [-0.2, -0.15) is 0 Å². The fourth-order valence-electron chi connectivity index (χ4n) is 0.888. The monoisotopic (exact) mass is 128 g/mol. The second kappa shape index (κ2) is 3.18. The van der Waals surface area contributed by atoms with Crippen molar-refractivity contribution in [1.82, 2.24) is 5.32 Å². The van der Waals surface area contributed by atoms with Crippen LogP contribution in [0, 0.1) is 12.0 Å². The highest BCUT2D eigenvalue weighted by Gasteiger charge is 2.17. The summed E-state index contributed by atoms with van der Waals surface area (Å²) >= 11 is 0. The van der Waals surface area contributed by atoms with Crippen molar-refractivity contribution in [2.75, 3.05) is 19.7 Å². The van der Waals surface area contributed by atoms with Gasteiger partial charge in [-0.15, -0.1) is 0 Å². The molecule has 2 heteroatoms. The smallest absolute Gasteiger partial charge is 0.113 e. The van der Waals surface area contributed by atoms with Crippen molar-refractivity contribution in [3.05, 3.63) is 6.10 Å². The first-order chi connectivity index (χ1) is 4.30. The first-order valence-corrected chi connectivity index (χ1v) is 3.50. The molecule has 9 heavy (non-hydrogen) atoms. The van der Waals surface area contributed by atoms with E-state index in [9.17, 15) is 0 Å². The van der Waals surface area contributed by atoms with Crippen molar-refractivity contribution < 1.29 is 4.74 Å². The summed E-state index contributed by atoms with van der Waals surface area (Å²) in [6.07, 6.45) is 1.20. The maximum Gasteiger partial charge on any atom is 0.113 e. The normalized spacial score (nSPS) is 23.0. The zero-order valence-electron chi connectivity index (χ0n) is 6.11. The van der Waals surface area contributed by atoms with E-state index in [4.69, 9.17) is 4.74 Å². The number of ether oxygens (including phenoxy) is 1. The number of hydrogen-bond acceptors (Lipinski definition) is 2. The molecule has 2 nitrogen and oxygen atoms in total. The first kappa shape index (κ1) is 7.03. The highest BCUT2D eigenvalue weighted by atomic mass is 16.5. The summed E-state index contributed by atoms with van der Waals surface area (Å²) < 4.78 is 5.39. The molecular weight excluding hydrogens is 114 g/mol. The van der Waals surface area contributed by atoms with E-state index in [1.165, 1.54) is 6.10 Å². The van der Waals surface area contributed by atoms with Gasteiger partial charge in [0.2, 0.25) is 0 Å². The van der Waals surface area contributed by atoms with Gasteiger partial charge >= 0.3 is 0 Å². The average Bonchev–Trinajstić information content (AvgIpc) is 1.90. The molecular formula is C7H14NO. The Morgan fingerprint density at radius 2 is 2.33 bits per heavy atom. The van der Waals surface area contributed by atoms with Crippen molar-refractivity contribution in [2.45, 2.75) is 13.8 Å². The number of nitrogens with one attached hydrogen (secondary N) is 1. The molecule has 1 N–H and O–H groups in total. The van der Waals surface area contributed by atoms with Crippen LogP contribution in [-0.4, -0.2) is 19.7 Å². The molecule has 0 unspecified atom stereocenters.